The highest BCUT2D eigenvalue weighted by Gasteiger charge is 2.20. The van der Waals surface area contributed by atoms with Crippen LogP contribution in [0.1, 0.15) is 25.3 Å². The lowest BCUT2D eigenvalue weighted by Gasteiger charge is -2.22. The molecule has 2 N–H and O–H groups in total. The molecule has 8 heteroatoms. The van der Waals surface area contributed by atoms with Gasteiger partial charge in [0.15, 0.2) is 0 Å². The second-order valence-electron chi connectivity index (χ2n) is 5.00. The Hall–Kier alpha value is -2.09. The molecule has 0 saturated carbocycles. The number of ether oxygens (including phenoxy) is 2. The summed E-state index contributed by atoms with van der Waals surface area (Å²) in [7, 11) is 1.26. The molecule has 132 valence electrons. The molecule has 1 aromatic carbocycles. The first-order valence-electron chi connectivity index (χ1n) is 7.40. The highest BCUT2D eigenvalue weighted by Crippen LogP contribution is 2.05. The van der Waals surface area contributed by atoms with Crippen LogP contribution in [0.15, 0.2) is 30.3 Å². The topological polar surface area (TPSA) is 93.7 Å². The number of halogens is 1. The van der Waals surface area contributed by atoms with Crippen LogP contribution < -0.4 is 10.6 Å². The minimum Gasteiger partial charge on any atom is -0.469 e. The van der Waals surface area contributed by atoms with Crippen molar-refractivity contribution in [1.82, 2.24) is 10.6 Å². The van der Waals surface area contributed by atoms with E-state index >= 15 is 0 Å². The lowest BCUT2D eigenvalue weighted by molar-refractivity contribution is -0.142. The molecule has 1 rings (SSSR count). The SMILES string of the molecule is COC(=O)CCC(=O)N[C@@H](NC(=O)OCc1ccccc1)[C@H](C)Br. The maximum atomic E-state index is 11.8. The fourth-order valence-electron chi connectivity index (χ4n) is 1.72. The van der Waals surface area contributed by atoms with Gasteiger partial charge in [0, 0.05) is 6.42 Å². The summed E-state index contributed by atoms with van der Waals surface area (Å²) in [6.45, 7) is 1.90. The Morgan fingerprint density at radius 2 is 1.79 bits per heavy atom. The first kappa shape index (κ1) is 20.0. The Morgan fingerprint density at radius 3 is 2.38 bits per heavy atom. The zero-order chi connectivity index (χ0) is 17.9. The van der Waals surface area contributed by atoms with Crippen molar-refractivity contribution in [3.63, 3.8) is 0 Å². The van der Waals surface area contributed by atoms with E-state index in [1.165, 1.54) is 7.11 Å². The van der Waals surface area contributed by atoms with Crippen LogP contribution in [0.4, 0.5) is 4.79 Å². The van der Waals surface area contributed by atoms with E-state index in [9.17, 15) is 14.4 Å². The third kappa shape index (κ3) is 7.96. The Balaban J connectivity index is 2.42. The number of hydrogen-bond donors (Lipinski definition) is 2. The summed E-state index contributed by atoms with van der Waals surface area (Å²) >= 11 is 3.31. The van der Waals surface area contributed by atoms with Gasteiger partial charge in [-0.2, -0.15) is 0 Å². The zero-order valence-corrected chi connectivity index (χ0v) is 15.2. The number of nitrogens with one attached hydrogen (secondary N) is 2. The molecule has 0 aliphatic heterocycles. The molecule has 0 aliphatic carbocycles. The summed E-state index contributed by atoms with van der Waals surface area (Å²) in [4.78, 5) is 34.5. The van der Waals surface area contributed by atoms with Crippen LogP contribution in [0.2, 0.25) is 0 Å². The quantitative estimate of drug-likeness (QED) is 0.395. The van der Waals surface area contributed by atoms with Crippen LogP contribution in [-0.2, 0) is 25.7 Å². The summed E-state index contributed by atoms with van der Waals surface area (Å²) in [6.07, 6.45) is -1.37. The van der Waals surface area contributed by atoms with Gasteiger partial charge in [0.05, 0.1) is 18.4 Å². The van der Waals surface area contributed by atoms with Gasteiger partial charge in [0.25, 0.3) is 0 Å². The summed E-state index contributed by atoms with van der Waals surface area (Å²) in [5.41, 5.74) is 0.859. The first-order valence-corrected chi connectivity index (χ1v) is 8.31. The van der Waals surface area contributed by atoms with E-state index in [1.54, 1.807) is 6.92 Å². The normalized spacial score (nSPS) is 12.6. The van der Waals surface area contributed by atoms with Gasteiger partial charge in [-0.05, 0) is 12.5 Å². The summed E-state index contributed by atoms with van der Waals surface area (Å²) in [5.74, 6) is -0.844. The number of alkyl halides is 1. The van der Waals surface area contributed by atoms with Gasteiger partial charge in [-0.3, -0.25) is 9.59 Å². The number of rotatable bonds is 8. The largest absolute Gasteiger partial charge is 0.469 e. The Labute approximate surface area is 149 Å². The highest BCUT2D eigenvalue weighted by atomic mass is 79.9. The van der Waals surface area contributed by atoms with Crippen LogP contribution in [0, 0.1) is 0 Å². The monoisotopic (exact) mass is 400 g/mol. The lowest BCUT2D eigenvalue weighted by Crippen LogP contribution is -2.52. The number of carbonyl (C=O) groups is 3. The molecule has 0 heterocycles. The minimum absolute atomic E-state index is 0.0236. The van der Waals surface area contributed by atoms with E-state index in [4.69, 9.17) is 4.74 Å². The van der Waals surface area contributed by atoms with Gasteiger partial charge in [0.2, 0.25) is 5.91 Å². The third-order valence-electron chi connectivity index (χ3n) is 3.05. The first-order chi connectivity index (χ1) is 11.4. The van der Waals surface area contributed by atoms with Crippen LogP contribution in [0.5, 0.6) is 0 Å². The van der Waals surface area contributed by atoms with Gasteiger partial charge in [-0.1, -0.05) is 46.3 Å². The van der Waals surface area contributed by atoms with Crippen molar-refractivity contribution in [3.05, 3.63) is 35.9 Å². The molecule has 0 bridgehead atoms. The fraction of sp³-hybridized carbons (Fsp3) is 0.438. The molecule has 0 unspecified atom stereocenters. The molecular weight excluding hydrogens is 380 g/mol. The van der Waals surface area contributed by atoms with E-state index in [-0.39, 0.29) is 30.2 Å². The van der Waals surface area contributed by atoms with E-state index in [0.717, 1.165) is 5.56 Å². The van der Waals surface area contributed by atoms with Crippen molar-refractivity contribution in [1.29, 1.82) is 0 Å². The van der Waals surface area contributed by atoms with Crippen molar-refractivity contribution in [3.8, 4) is 0 Å². The molecule has 0 fully saturated rings. The predicted molar refractivity (Wildman–Crippen MR) is 91.3 cm³/mol. The standard InChI is InChI=1S/C16H21BrN2O5/c1-11(17)15(18-13(20)8-9-14(21)23-2)19-16(22)24-10-12-6-4-3-5-7-12/h3-7,11,15H,8-10H2,1-2H3,(H,18,20)(H,19,22)/t11-,15-/m0/s1. The molecule has 2 atom stereocenters. The van der Waals surface area contributed by atoms with E-state index in [1.807, 2.05) is 30.3 Å². The summed E-state index contributed by atoms with van der Waals surface area (Å²) in [6, 6.07) is 9.25. The number of alkyl carbamates (subject to hydrolysis) is 1. The fourth-order valence-corrected chi connectivity index (χ4v) is 1.99. The van der Waals surface area contributed by atoms with Crippen molar-refractivity contribution < 1.29 is 23.9 Å². The van der Waals surface area contributed by atoms with Crippen LogP contribution in [-0.4, -0.2) is 36.1 Å². The maximum Gasteiger partial charge on any atom is 0.409 e. The number of amides is 2. The van der Waals surface area contributed by atoms with Crippen molar-refractivity contribution in [2.24, 2.45) is 0 Å². The predicted octanol–water partition coefficient (Wildman–Crippen LogP) is 2.09. The molecule has 0 saturated heterocycles. The number of benzene rings is 1. The van der Waals surface area contributed by atoms with Crippen LogP contribution in [0.25, 0.3) is 0 Å². The molecule has 1 aromatic rings. The number of methoxy groups -OCH3 is 1. The van der Waals surface area contributed by atoms with Gasteiger partial charge >= 0.3 is 12.1 Å². The number of esters is 1. The van der Waals surface area contributed by atoms with E-state index in [0.29, 0.717) is 0 Å². The number of hydrogen-bond acceptors (Lipinski definition) is 5. The average molecular weight is 401 g/mol. The highest BCUT2D eigenvalue weighted by molar-refractivity contribution is 9.09. The van der Waals surface area contributed by atoms with Gasteiger partial charge in [-0.25, -0.2) is 4.79 Å². The Morgan fingerprint density at radius 1 is 1.12 bits per heavy atom. The maximum absolute atomic E-state index is 11.8. The molecular formula is C16H21BrN2O5. The van der Waals surface area contributed by atoms with Gasteiger partial charge < -0.3 is 20.1 Å². The van der Waals surface area contributed by atoms with Gasteiger partial charge in [-0.15, -0.1) is 0 Å². The lowest BCUT2D eigenvalue weighted by atomic mass is 10.2. The van der Waals surface area contributed by atoms with E-state index in [2.05, 4.69) is 31.3 Å². The van der Waals surface area contributed by atoms with Crippen molar-refractivity contribution in [2.75, 3.05) is 7.11 Å². The van der Waals surface area contributed by atoms with Crippen molar-refractivity contribution in [2.45, 2.75) is 37.4 Å². The summed E-state index contributed by atoms with van der Waals surface area (Å²) < 4.78 is 9.58. The van der Waals surface area contributed by atoms with Crippen LogP contribution in [0.3, 0.4) is 0 Å². The smallest absolute Gasteiger partial charge is 0.409 e. The second kappa shape index (κ2) is 10.6. The molecule has 0 radical (unpaired) electrons. The minimum atomic E-state index is -0.668. The average Bonchev–Trinajstić information content (AvgIpc) is 2.58. The molecule has 2 amide bonds. The van der Waals surface area contributed by atoms with Gasteiger partial charge in [0.1, 0.15) is 12.8 Å². The molecule has 0 spiro atoms. The Bertz CT molecular complexity index is 551. The Kier molecular flexibility index (Phi) is 8.85. The number of carbonyl (C=O) groups excluding carboxylic acids is 3. The second-order valence-corrected chi connectivity index (χ2v) is 6.45. The summed E-state index contributed by atoms with van der Waals surface area (Å²) in [5, 5.41) is 5.18. The molecule has 0 aliphatic rings. The molecule has 7 nitrogen and oxygen atoms in total. The van der Waals surface area contributed by atoms with Crippen LogP contribution >= 0.6 is 15.9 Å². The van der Waals surface area contributed by atoms with Crippen molar-refractivity contribution >= 4 is 33.9 Å². The van der Waals surface area contributed by atoms with E-state index < -0.39 is 18.2 Å². The third-order valence-corrected chi connectivity index (χ3v) is 3.57. The zero-order valence-electron chi connectivity index (χ0n) is 13.6. The molecule has 24 heavy (non-hydrogen) atoms. The molecule has 0 aromatic heterocycles.